The van der Waals surface area contributed by atoms with E-state index in [1.165, 1.54) is 18.4 Å². The Morgan fingerprint density at radius 3 is 2.16 bits per heavy atom. The molecule has 0 fully saturated rings. The Morgan fingerprint density at radius 1 is 1.05 bits per heavy atom. The molecular weight excluding hydrogens is 234 g/mol. The largest absolute Gasteiger partial charge is 0.508 e. The van der Waals surface area contributed by atoms with Crippen LogP contribution in [0.5, 0.6) is 5.75 Å². The second-order valence-electron chi connectivity index (χ2n) is 5.64. The summed E-state index contributed by atoms with van der Waals surface area (Å²) in [5, 5.41) is 13.0. The van der Waals surface area contributed by atoms with Crippen molar-refractivity contribution in [2.75, 3.05) is 0 Å². The summed E-state index contributed by atoms with van der Waals surface area (Å²) in [7, 11) is 0. The van der Waals surface area contributed by atoms with Gasteiger partial charge in [-0.1, -0.05) is 38.8 Å². The Hall–Kier alpha value is -1.02. The lowest BCUT2D eigenvalue weighted by Gasteiger charge is -2.26. The van der Waals surface area contributed by atoms with E-state index in [9.17, 15) is 5.11 Å². The summed E-state index contributed by atoms with van der Waals surface area (Å²) in [5.74, 6) is 1.12. The summed E-state index contributed by atoms with van der Waals surface area (Å²) in [6, 6.07) is 8.66. The lowest BCUT2D eigenvalue weighted by atomic mass is 9.94. The third-order valence-corrected chi connectivity index (χ3v) is 4.11. The van der Waals surface area contributed by atoms with Gasteiger partial charge in [-0.05, 0) is 50.3 Å². The van der Waals surface area contributed by atoms with Gasteiger partial charge in [0.15, 0.2) is 0 Å². The van der Waals surface area contributed by atoms with Gasteiger partial charge in [-0.15, -0.1) is 0 Å². The SMILES string of the molecule is CCC(CC)C(C)NC(C)CCc1ccc(O)cc1. The molecule has 0 aromatic heterocycles. The van der Waals surface area contributed by atoms with E-state index < -0.39 is 0 Å². The van der Waals surface area contributed by atoms with E-state index in [0.717, 1.165) is 18.8 Å². The molecular formula is C17H29NO. The summed E-state index contributed by atoms with van der Waals surface area (Å²) in [4.78, 5) is 0. The molecule has 0 aliphatic carbocycles. The van der Waals surface area contributed by atoms with Crippen LogP contribution in [0.1, 0.15) is 52.5 Å². The molecule has 2 atom stereocenters. The normalized spacial score (nSPS) is 14.6. The molecule has 19 heavy (non-hydrogen) atoms. The van der Waals surface area contributed by atoms with Crippen molar-refractivity contribution >= 4 is 0 Å². The van der Waals surface area contributed by atoms with E-state index in [4.69, 9.17) is 0 Å². The number of aromatic hydroxyl groups is 1. The summed E-state index contributed by atoms with van der Waals surface area (Å²) < 4.78 is 0. The Kier molecular flexibility index (Phi) is 6.93. The first-order valence-corrected chi connectivity index (χ1v) is 7.60. The molecule has 2 N–H and O–H groups in total. The average Bonchev–Trinajstić information content (AvgIpc) is 2.39. The Balaban J connectivity index is 2.34. The van der Waals surface area contributed by atoms with E-state index >= 15 is 0 Å². The van der Waals surface area contributed by atoms with Gasteiger partial charge in [-0.2, -0.15) is 0 Å². The summed E-state index contributed by atoms with van der Waals surface area (Å²) >= 11 is 0. The first kappa shape index (κ1) is 16.0. The molecule has 2 unspecified atom stereocenters. The van der Waals surface area contributed by atoms with E-state index in [0.29, 0.717) is 17.8 Å². The van der Waals surface area contributed by atoms with Crippen LogP contribution in [-0.2, 0) is 6.42 Å². The molecule has 1 aromatic carbocycles. The van der Waals surface area contributed by atoms with Gasteiger partial charge in [-0.25, -0.2) is 0 Å². The molecule has 2 heteroatoms. The zero-order valence-corrected chi connectivity index (χ0v) is 12.8. The van der Waals surface area contributed by atoms with Crippen LogP contribution in [0.25, 0.3) is 0 Å². The van der Waals surface area contributed by atoms with E-state index in [2.05, 4.69) is 33.0 Å². The van der Waals surface area contributed by atoms with Gasteiger partial charge in [0, 0.05) is 12.1 Å². The number of nitrogens with one attached hydrogen (secondary N) is 1. The van der Waals surface area contributed by atoms with Crippen molar-refractivity contribution in [3.63, 3.8) is 0 Å². The first-order valence-electron chi connectivity index (χ1n) is 7.60. The van der Waals surface area contributed by atoms with E-state index in [1.807, 2.05) is 12.1 Å². The minimum atomic E-state index is 0.345. The molecule has 0 heterocycles. The van der Waals surface area contributed by atoms with Gasteiger partial charge in [0.2, 0.25) is 0 Å². The van der Waals surface area contributed by atoms with Gasteiger partial charge in [-0.3, -0.25) is 0 Å². The highest BCUT2D eigenvalue weighted by atomic mass is 16.3. The molecule has 1 rings (SSSR count). The third-order valence-electron chi connectivity index (χ3n) is 4.11. The topological polar surface area (TPSA) is 32.3 Å². The first-order chi connectivity index (χ1) is 9.06. The van der Waals surface area contributed by atoms with Crippen LogP contribution in [0.3, 0.4) is 0 Å². The molecule has 0 spiro atoms. The highest BCUT2D eigenvalue weighted by molar-refractivity contribution is 5.25. The van der Waals surface area contributed by atoms with Crippen molar-refractivity contribution in [3.8, 4) is 5.75 Å². The lowest BCUT2D eigenvalue weighted by Crippen LogP contribution is -2.39. The maximum atomic E-state index is 9.26. The number of phenolic OH excluding ortho intramolecular Hbond substituents is 1. The fraction of sp³-hybridized carbons (Fsp3) is 0.647. The summed E-state index contributed by atoms with van der Waals surface area (Å²) in [6.45, 7) is 9.11. The van der Waals surface area contributed by atoms with Crippen LogP contribution in [0, 0.1) is 5.92 Å². The van der Waals surface area contributed by atoms with Crippen molar-refractivity contribution in [1.82, 2.24) is 5.32 Å². The molecule has 0 aliphatic rings. The molecule has 0 amide bonds. The third kappa shape index (κ3) is 5.65. The van der Waals surface area contributed by atoms with Crippen LogP contribution in [0.15, 0.2) is 24.3 Å². The van der Waals surface area contributed by atoms with Crippen molar-refractivity contribution in [2.45, 2.75) is 65.5 Å². The Labute approximate surface area is 118 Å². The zero-order chi connectivity index (χ0) is 14.3. The van der Waals surface area contributed by atoms with Crippen molar-refractivity contribution in [2.24, 2.45) is 5.92 Å². The van der Waals surface area contributed by atoms with Crippen LogP contribution in [0.4, 0.5) is 0 Å². The van der Waals surface area contributed by atoms with Gasteiger partial charge < -0.3 is 10.4 Å². The quantitative estimate of drug-likeness (QED) is 0.739. The number of aryl methyl sites for hydroxylation is 1. The summed E-state index contributed by atoms with van der Waals surface area (Å²) in [5.41, 5.74) is 1.29. The van der Waals surface area contributed by atoms with Gasteiger partial charge >= 0.3 is 0 Å². The monoisotopic (exact) mass is 263 g/mol. The van der Waals surface area contributed by atoms with Crippen molar-refractivity contribution in [1.29, 1.82) is 0 Å². The predicted molar refractivity (Wildman–Crippen MR) is 82.6 cm³/mol. The molecule has 0 aliphatic heterocycles. The van der Waals surface area contributed by atoms with Crippen LogP contribution in [0.2, 0.25) is 0 Å². The molecule has 108 valence electrons. The molecule has 0 saturated heterocycles. The molecule has 1 aromatic rings. The zero-order valence-electron chi connectivity index (χ0n) is 12.8. The Bertz CT molecular complexity index is 343. The summed E-state index contributed by atoms with van der Waals surface area (Å²) in [6.07, 6.45) is 4.68. The van der Waals surface area contributed by atoms with Crippen molar-refractivity contribution < 1.29 is 5.11 Å². The Morgan fingerprint density at radius 2 is 1.63 bits per heavy atom. The highest BCUT2D eigenvalue weighted by Gasteiger charge is 2.15. The fourth-order valence-corrected chi connectivity index (χ4v) is 2.71. The molecule has 2 nitrogen and oxygen atoms in total. The minimum Gasteiger partial charge on any atom is -0.508 e. The van der Waals surface area contributed by atoms with Crippen molar-refractivity contribution in [3.05, 3.63) is 29.8 Å². The van der Waals surface area contributed by atoms with Gasteiger partial charge in [0.05, 0.1) is 0 Å². The minimum absolute atomic E-state index is 0.345. The maximum Gasteiger partial charge on any atom is 0.115 e. The number of rotatable bonds is 8. The number of hydrogen-bond acceptors (Lipinski definition) is 2. The molecule has 0 radical (unpaired) electrons. The van der Waals surface area contributed by atoms with E-state index in [-0.39, 0.29) is 0 Å². The van der Waals surface area contributed by atoms with Gasteiger partial charge in [0.25, 0.3) is 0 Å². The number of benzene rings is 1. The van der Waals surface area contributed by atoms with Crippen LogP contribution < -0.4 is 5.32 Å². The number of hydrogen-bond donors (Lipinski definition) is 2. The number of phenols is 1. The lowest BCUT2D eigenvalue weighted by molar-refractivity contribution is 0.321. The van der Waals surface area contributed by atoms with E-state index in [1.54, 1.807) is 12.1 Å². The highest BCUT2D eigenvalue weighted by Crippen LogP contribution is 2.15. The van der Waals surface area contributed by atoms with Crippen LogP contribution >= 0.6 is 0 Å². The van der Waals surface area contributed by atoms with Crippen LogP contribution in [-0.4, -0.2) is 17.2 Å². The molecule has 0 saturated carbocycles. The second-order valence-corrected chi connectivity index (χ2v) is 5.64. The standard InChI is InChI=1S/C17H29NO/c1-5-16(6-2)14(4)18-13(3)7-8-15-9-11-17(19)12-10-15/h9-14,16,18-19H,5-8H2,1-4H3. The fourth-order valence-electron chi connectivity index (χ4n) is 2.71. The molecule has 0 bridgehead atoms. The van der Waals surface area contributed by atoms with Gasteiger partial charge in [0.1, 0.15) is 5.75 Å². The maximum absolute atomic E-state index is 9.26. The average molecular weight is 263 g/mol. The predicted octanol–water partition coefficient (Wildman–Crippen LogP) is 4.13. The second kappa shape index (κ2) is 8.21. The smallest absolute Gasteiger partial charge is 0.115 e.